The largest absolute Gasteiger partial charge is 0.381 e. The van der Waals surface area contributed by atoms with Crippen molar-refractivity contribution in [2.24, 2.45) is 5.92 Å². The number of halogens is 1. The van der Waals surface area contributed by atoms with E-state index in [0.717, 1.165) is 25.3 Å². The second kappa shape index (κ2) is 4.40. The normalized spacial score (nSPS) is 22.4. The molecular formula is C9H12ClNOS. The fourth-order valence-corrected chi connectivity index (χ4v) is 2.63. The Morgan fingerprint density at radius 1 is 1.69 bits per heavy atom. The summed E-state index contributed by atoms with van der Waals surface area (Å²) in [6.07, 6.45) is 2.23. The molecule has 1 fully saturated rings. The Morgan fingerprint density at radius 3 is 3.23 bits per heavy atom. The van der Waals surface area contributed by atoms with Crippen molar-refractivity contribution in [3.63, 3.8) is 0 Å². The van der Waals surface area contributed by atoms with Crippen LogP contribution in [-0.4, -0.2) is 18.2 Å². The van der Waals surface area contributed by atoms with Crippen molar-refractivity contribution in [3.8, 4) is 0 Å². The molecule has 0 radical (unpaired) electrons. The summed E-state index contributed by atoms with van der Waals surface area (Å²) in [5.74, 6) is 1.20. The van der Waals surface area contributed by atoms with Crippen molar-refractivity contribution in [1.29, 1.82) is 0 Å². The minimum atomic E-state index is 0.525. The highest BCUT2D eigenvalue weighted by atomic mass is 35.5. The molecule has 1 unspecified atom stereocenters. The van der Waals surface area contributed by atoms with Gasteiger partial charge in [0.05, 0.1) is 16.6 Å². The summed E-state index contributed by atoms with van der Waals surface area (Å²) in [5.41, 5.74) is 1.00. The first-order chi connectivity index (χ1) is 6.38. The van der Waals surface area contributed by atoms with Crippen LogP contribution in [0.25, 0.3) is 0 Å². The van der Waals surface area contributed by atoms with E-state index in [2.05, 4.69) is 4.98 Å². The van der Waals surface area contributed by atoms with Gasteiger partial charge < -0.3 is 4.74 Å². The summed E-state index contributed by atoms with van der Waals surface area (Å²) in [4.78, 5) is 4.42. The molecule has 72 valence electrons. The van der Waals surface area contributed by atoms with E-state index in [1.165, 1.54) is 11.4 Å². The Bertz CT molecular complexity index is 270. The fraction of sp³-hybridized carbons (Fsp3) is 0.667. The first-order valence-corrected chi connectivity index (χ1v) is 5.87. The van der Waals surface area contributed by atoms with Gasteiger partial charge in [0.1, 0.15) is 0 Å². The summed E-state index contributed by atoms with van der Waals surface area (Å²) in [6.45, 7) is 1.81. The van der Waals surface area contributed by atoms with Gasteiger partial charge in [0.2, 0.25) is 0 Å². The molecule has 0 spiro atoms. The molecule has 0 aliphatic carbocycles. The van der Waals surface area contributed by atoms with Crippen LogP contribution in [0, 0.1) is 5.92 Å². The van der Waals surface area contributed by atoms with Crippen LogP contribution in [0.1, 0.15) is 17.1 Å². The van der Waals surface area contributed by atoms with Gasteiger partial charge in [-0.3, -0.25) is 0 Å². The number of nitrogens with zero attached hydrogens (tertiary/aromatic N) is 1. The molecule has 1 aliphatic rings. The van der Waals surface area contributed by atoms with Gasteiger partial charge in [-0.25, -0.2) is 4.98 Å². The van der Waals surface area contributed by atoms with Crippen LogP contribution >= 0.6 is 22.9 Å². The number of rotatable bonds is 3. The van der Waals surface area contributed by atoms with E-state index in [1.54, 1.807) is 11.3 Å². The summed E-state index contributed by atoms with van der Waals surface area (Å²) >= 11 is 7.39. The van der Waals surface area contributed by atoms with Gasteiger partial charge in [-0.15, -0.1) is 22.9 Å². The molecule has 0 amide bonds. The maximum atomic E-state index is 5.68. The zero-order valence-electron chi connectivity index (χ0n) is 7.33. The van der Waals surface area contributed by atoms with E-state index in [9.17, 15) is 0 Å². The average molecular weight is 218 g/mol. The number of aromatic nitrogens is 1. The Hall–Kier alpha value is -0.120. The molecule has 1 saturated heterocycles. The van der Waals surface area contributed by atoms with E-state index < -0.39 is 0 Å². The van der Waals surface area contributed by atoms with Crippen LogP contribution in [0.3, 0.4) is 0 Å². The average Bonchev–Trinajstić information content (AvgIpc) is 2.76. The monoisotopic (exact) mass is 217 g/mol. The van der Waals surface area contributed by atoms with Gasteiger partial charge >= 0.3 is 0 Å². The lowest BCUT2D eigenvalue weighted by Crippen LogP contribution is -2.03. The first-order valence-electron chi connectivity index (χ1n) is 4.45. The van der Waals surface area contributed by atoms with Crippen LogP contribution in [-0.2, 0) is 17.0 Å². The molecule has 0 saturated carbocycles. The Morgan fingerprint density at radius 2 is 2.62 bits per heavy atom. The number of alkyl halides is 1. The van der Waals surface area contributed by atoms with Crippen molar-refractivity contribution >= 4 is 22.9 Å². The van der Waals surface area contributed by atoms with Crippen LogP contribution in [0.2, 0.25) is 0 Å². The Balaban J connectivity index is 1.92. The third kappa shape index (κ3) is 2.42. The molecule has 2 heterocycles. The molecule has 13 heavy (non-hydrogen) atoms. The van der Waals surface area contributed by atoms with E-state index in [4.69, 9.17) is 16.3 Å². The van der Waals surface area contributed by atoms with Gasteiger partial charge in [0.25, 0.3) is 0 Å². The van der Waals surface area contributed by atoms with Crippen LogP contribution < -0.4 is 0 Å². The summed E-state index contributed by atoms with van der Waals surface area (Å²) in [6, 6.07) is 0. The highest BCUT2D eigenvalue weighted by Gasteiger charge is 2.17. The number of ether oxygens (including phenoxy) is 1. The van der Waals surface area contributed by atoms with Crippen molar-refractivity contribution in [3.05, 3.63) is 16.1 Å². The SMILES string of the molecule is ClCc1csc(CC2CCOC2)n1. The maximum absolute atomic E-state index is 5.68. The summed E-state index contributed by atoms with van der Waals surface area (Å²) < 4.78 is 5.31. The standard InChI is InChI=1S/C9H12ClNOS/c10-4-8-6-13-9(11-8)3-7-1-2-12-5-7/h6-7H,1-5H2. The zero-order chi connectivity index (χ0) is 9.10. The van der Waals surface area contributed by atoms with Gasteiger partial charge in [0, 0.05) is 25.0 Å². The molecule has 1 aromatic rings. The Kier molecular flexibility index (Phi) is 3.19. The molecular weight excluding hydrogens is 206 g/mol. The maximum Gasteiger partial charge on any atom is 0.0932 e. The highest BCUT2D eigenvalue weighted by molar-refractivity contribution is 7.09. The highest BCUT2D eigenvalue weighted by Crippen LogP contribution is 2.21. The van der Waals surface area contributed by atoms with E-state index >= 15 is 0 Å². The predicted octanol–water partition coefficient (Wildman–Crippen LogP) is 2.46. The minimum Gasteiger partial charge on any atom is -0.381 e. The quantitative estimate of drug-likeness (QED) is 0.726. The van der Waals surface area contributed by atoms with Crippen molar-refractivity contribution < 1.29 is 4.74 Å². The molecule has 2 rings (SSSR count). The third-order valence-electron chi connectivity index (χ3n) is 2.22. The van der Waals surface area contributed by atoms with Gasteiger partial charge in [-0.2, -0.15) is 0 Å². The molecule has 1 aromatic heterocycles. The fourth-order valence-electron chi connectivity index (χ4n) is 1.50. The van der Waals surface area contributed by atoms with Crippen molar-refractivity contribution in [1.82, 2.24) is 4.98 Å². The van der Waals surface area contributed by atoms with E-state index in [0.29, 0.717) is 11.8 Å². The van der Waals surface area contributed by atoms with Gasteiger partial charge in [-0.05, 0) is 12.3 Å². The summed E-state index contributed by atoms with van der Waals surface area (Å²) in [7, 11) is 0. The lowest BCUT2D eigenvalue weighted by Gasteiger charge is -2.02. The van der Waals surface area contributed by atoms with Crippen molar-refractivity contribution in [2.45, 2.75) is 18.7 Å². The third-order valence-corrected chi connectivity index (χ3v) is 3.42. The molecule has 1 atom stereocenters. The molecule has 2 nitrogen and oxygen atoms in total. The minimum absolute atomic E-state index is 0.525. The topological polar surface area (TPSA) is 22.1 Å². The second-order valence-electron chi connectivity index (χ2n) is 3.30. The van der Waals surface area contributed by atoms with E-state index in [1.807, 2.05) is 5.38 Å². The molecule has 0 N–H and O–H groups in total. The summed E-state index contributed by atoms with van der Waals surface area (Å²) in [5, 5.41) is 3.24. The van der Waals surface area contributed by atoms with Gasteiger partial charge in [-0.1, -0.05) is 0 Å². The molecule has 4 heteroatoms. The lowest BCUT2D eigenvalue weighted by molar-refractivity contribution is 0.186. The van der Waals surface area contributed by atoms with Crippen LogP contribution in [0.15, 0.2) is 5.38 Å². The number of thiazole rings is 1. The molecule has 0 aromatic carbocycles. The number of hydrogen-bond acceptors (Lipinski definition) is 3. The predicted molar refractivity (Wildman–Crippen MR) is 54.3 cm³/mol. The molecule has 1 aliphatic heterocycles. The lowest BCUT2D eigenvalue weighted by atomic mass is 10.1. The van der Waals surface area contributed by atoms with E-state index in [-0.39, 0.29) is 0 Å². The van der Waals surface area contributed by atoms with Crippen molar-refractivity contribution in [2.75, 3.05) is 13.2 Å². The smallest absolute Gasteiger partial charge is 0.0932 e. The second-order valence-corrected chi connectivity index (χ2v) is 4.51. The Labute approximate surface area is 86.9 Å². The zero-order valence-corrected chi connectivity index (χ0v) is 8.90. The molecule has 0 bridgehead atoms. The van der Waals surface area contributed by atoms with Crippen LogP contribution in [0.4, 0.5) is 0 Å². The van der Waals surface area contributed by atoms with Gasteiger partial charge in [0.15, 0.2) is 0 Å². The first kappa shape index (κ1) is 9.44. The number of hydrogen-bond donors (Lipinski definition) is 0. The van der Waals surface area contributed by atoms with Crippen LogP contribution in [0.5, 0.6) is 0 Å².